The van der Waals surface area contributed by atoms with Crippen molar-refractivity contribution in [3.63, 3.8) is 0 Å². The van der Waals surface area contributed by atoms with Gasteiger partial charge in [-0.25, -0.2) is 9.13 Å². The minimum absolute atomic E-state index is 1.26. The van der Waals surface area contributed by atoms with E-state index in [0.717, 1.165) is 0 Å². The van der Waals surface area contributed by atoms with E-state index >= 15 is 0 Å². The minimum Gasteiger partial charge on any atom is -0.208 e. The van der Waals surface area contributed by atoms with Gasteiger partial charge in [0.05, 0.1) is 0 Å². The smallest absolute Gasteiger partial charge is 0.178 e. The minimum atomic E-state index is 1.26. The van der Waals surface area contributed by atoms with Gasteiger partial charge in [0, 0.05) is 31.2 Å². The summed E-state index contributed by atoms with van der Waals surface area (Å²) in [6, 6.07) is 8.61. The highest BCUT2D eigenvalue weighted by Gasteiger charge is 2.05. The molecule has 76 valence electrons. The van der Waals surface area contributed by atoms with E-state index in [0.29, 0.717) is 0 Å². The normalized spacial score (nSPS) is 10.3. The van der Waals surface area contributed by atoms with E-state index in [4.69, 9.17) is 0 Å². The summed E-state index contributed by atoms with van der Waals surface area (Å²) in [5.74, 6) is 0. The number of hydrogen-bond donors (Lipinski definition) is 0. The molecule has 0 aliphatic rings. The van der Waals surface area contributed by atoms with Crippen molar-refractivity contribution in [2.24, 2.45) is 14.1 Å². The van der Waals surface area contributed by atoms with Gasteiger partial charge in [-0.3, -0.25) is 0 Å². The highest BCUT2D eigenvalue weighted by atomic mass is 14.9. The standard InChI is InChI=1S/C13H16N2/c1-11-10-13(6-9-15(11)3)12-4-7-14(2)8-5-12/h4-10H,1-3H3/q+2. The van der Waals surface area contributed by atoms with Gasteiger partial charge in [-0.2, -0.15) is 0 Å². The summed E-state index contributed by atoms with van der Waals surface area (Å²) in [4.78, 5) is 0. The van der Waals surface area contributed by atoms with Crippen LogP contribution in [0.3, 0.4) is 0 Å². The van der Waals surface area contributed by atoms with Crippen molar-refractivity contribution >= 4 is 0 Å². The van der Waals surface area contributed by atoms with Crippen LogP contribution in [0, 0.1) is 6.92 Å². The molecule has 2 aromatic rings. The third-order valence-electron chi connectivity index (χ3n) is 2.71. The predicted molar refractivity (Wildman–Crippen MR) is 59.0 cm³/mol. The first kappa shape index (κ1) is 9.84. The lowest BCUT2D eigenvalue weighted by Gasteiger charge is -2.00. The summed E-state index contributed by atoms with van der Waals surface area (Å²) < 4.78 is 4.16. The van der Waals surface area contributed by atoms with Crippen molar-refractivity contribution in [1.82, 2.24) is 0 Å². The Kier molecular flexibility index (Phi) is 2.50. The fourth-order valence-corrected chi connectivity index (χ4v) is 1.56. The quantitative estimate of drug-likeness (QED) is 0.613. The molecule has 2 nitrogen and oxygen atoms in total. The molecule has 2 rings (SSSR count). The Morgan fingerprint density at radius 2 is 1.47 bits per heavy atom. The molecule has 0 aliphatic heterocycles. The van der Waals surface area contributed by atoms with Gasteiger partial charge >= 0.3 is 0 Å². The monoisotopic (exact) mass is 200 g/mol. The van der Waals surface area contributed by atoms with Crippen LogP contribution in [0.1, 0.15) is 5.69 Å². The van der Waals surface area contributed by atoms with Crippen LogP contribution in [0.25, 0.3) is 11.1 Å². The van der Waals surface area contributed by atoms with E-state index in [9.17, 15) is 0 Å². The molecule has 0 bridgehead atoms. The number of aryl methyl sites for hydroxylation is 3. The molecule has 15 heavy (non-hydrogen) atoms. The van der Waals surface area contributed by atoms with Gasteiger partial charge in [0.1, 0.15) is 14.1 Å². The summed E-state index contributed by atoms with van der Waals surface area (Å²) in [7, 11) is 4.09. The second-order valence-corrected chi connectivity index (χ2v) is 3.92. The summed E-state index contributed by atoms with van der Waals surface area (Å²) in [6.45, 7) is 2.12. The fourth-order valence-electron chi connectivity index (χ4n) is 1.56. The molecule has 0 spiro atoms. The first-order chi connectivity index (χ1) is 7.16. The second-order valence-electron chi connectivity index (χ2n) is 3.92. The van der Waals surface area contributed by atoms with Gasteiger partial charge in [-0.1, -0.05) is 0 Å². The third kappa shape index (κ3) is 2.04. The summed E-state index contributed by atoms with van der Waals surface area (Å²) in [5, 5.41) is 0. The molecule has 0 saturated heterocycles. The van der Waals surface area contributed by atoms with Crippen molar-refractivity contribution in [3.8, 4) is 11.1 Å². The van der Waals surface area contributed by atoms with Crippen LogP contribution in [-0.2, 0) is 14.1 Å². The molecule has 0 unspecified atom stereocenters. The van der Waals surface area contributed by atoms with Gasteiger partial charge in [0.15, 0.2) is 24.3 Å². The van der Waals surface area contributed by atoms with Crippen LogP contribution >= 0.6 is 0 Å². The van der Waals surface area contributed by atoms with Gasteiger partial charge in [0.2, 0.25) is 0 Å². The Morgan fingerprint density at radius 1 is 0.867 bits per heavy atom. The molecule has 2 aromatic heterocycles. The molecule has 0 saturated carbocycles. The topological polar surface area (TPSA) is 7.76 Å². The first-order valence-electron chi connectivity index (χ1n) is 5.09. The van der Waals surface area contributed by atoms with E-state index in [1.165, 1.54) is 16.8 Å². The average Bonchev–Trinajstić information content (AvgIpc) is 2.23. The number of rotatable bonds is 1. The van der Waals surface area contributed by atoms with E-state index in [1.54, 1.807) is 0 Å². The number of hydrogen-bond acceptors (Lipinski definition) is 0. The predicted octanol–water partition coefficient (Wildman–Crippen LogP) is 1.31. The van der Waals surface area contributed by atoms with Crippen molar-refractivity contribution in [3.05, 3.63) is 48.5 Å². The van der Waals surface area contributed by atoms with Gasteiger partial charge in [0.25, 0.3) is 0 Å². The maximum absolute atomic E-state index is 2.20. The Hall–Kier alpha value is -1.70. The molecule has 0 atom stereocenters. The van der Waals surface area contributed by atoms with Gasteiger partial charge < -0.3 is 0 Å². The largest absolute Gasteiger partial charge is 0.208 e. The Bertz CT molecular complexity index is 472. The fraction of sp³-hybridized carbons (Fsp3) is 0.231. The average molecular weight is 200 g/mol. The van der Waals surface area contributed by atoms with Crippen LogP contribution in [0.2, 0.25) is 0 Å². The Morgan fingerprint density at radius 3 is 2.07 bits per heavy atom. The maximum Gasteiger partial charge on any atom is 0.178 e. The van der Waals surface area contributed by atoms with Crippen molar-refractivity contribution in [2.75, 3.05) is 0 Å². The summed E-state index contributed by atoms with van der Waals surface area (Å²) in [5.41, 5.74) is 3.80. The molecule has 2 heterocycles. The van der Waals surface area contributed by atoms with Crippen LogP contribution in [0.15, 0.2) is 42.9 Å². The maximum atomic E-state index is 2.20. The molecule has 0 N–H and O–H groups in total. The number of nitrogens with zero attached hydrogens (tertiary/aromatic N) is 2. The zero-order valence-electron chi connectivity index (χ0n) is 9.44. The summed E-state index contributed by atoms with van der Waals surface area (Å²) in [6.07, 6.45) is 6.23. The van der Waals surface area contributed by atoms with E-state index < -0.39 is 0 Å². The lowest BCUT2D eigenvalue weighted by molar-refractivity contribution is -0.677. The second kappa shape index (κ2) is 3.81. The summed E-state index contributed by atoms with van der Waals surface area (Å²) >= 11 is 0. The van der Waals surface area contributed by atoms with E-state index in [-0.39, 0.29) is 0 Å². The van der Waals surface area contributed by atoms with Gasteiger partial charge in [-0.05, 0) is 11.1 Å². The van der Waals surface area contributed by atoms with Crippen LogP contribution < -0.4 is 9.13 Å². The number of pyridine rings is 2. The highest BCUT2D eigenvalue weighted by molar-refractivity contribution is 5.61. The number of aromatic nitrogens is 2. The van der Waals surface area contributed by atoms with Crippen molar-refractivity contribution in [2.45, 2.75) is 6.92 Å². The van der Waals surface area contributed by atoms with Crippen molar-refractivity contribution < 1.29 is 9.13 Å². The SMILES string of the molecule is Cc1cc(-c2cc[n+](C)cc2)cc[n+]1C. The highest BCUT2D eigenvalue weighted by Crippen LogP contribution is 2.16. The Balaban J connectivity index is 2.45. The zero-order valence-corrected chi connectivity index (χ0v) is 9.44. The molecule has 0 aliphatic carbocycles. The van der Waals surface area contributed by atoms with Crippen LogP contribution in [0.4, 0.5) is 0 Å². The van der Waals surface area contributed by atoms with Gasteiger partial charge in [-0.15, -0.1) is 0 Å². The first-order valence-corrected chi connectivity index (χ1v) is 5.09. The molecular weight excluding hydrogens is 184 g/mol. The van der Waals surface area contributed by atoms with E-state index in [2.05, 4.69) is 61.4 Å². The molecule has 2 heteroatoms. The molecule has 0 radical (unpaired) electrons. The molecule has 0 fully saturated rings. The molecular formula is C13H16N2+2. The molecule has 0 aromatic carbocycles. The Labute approximate surface area is 90.4 Å². The van der Waals surface area contributed by atoms with Crippen LogP contribution in [0.5, 0.6) is 0 Å². The van der Waals surface area contributed by atoms with Crippen molar-refractivity contribution in [1.29, 1.82) is 0 Å². The zero-order chi connectivity index (χ0) is 10.8. The molecule has 0 amide bonds. The lowest BCUT2D eigenvalue weighted by Crippen LogP contribution is -2.30. The lowest BCUT2D eigenvalue weighted by atomic mass is 10.1. The third-order valence-corrected chi connectivity index (χ3v) is 2.71. The van der Waals surface area contributed by atoms with Crippen LogP contribution in [-0.4, -0.2) is 0 Å². The van der Waals surface area contributed by atoms with E-state index in [1.807, 2.05) is 11.6 Å².